The van der Waals surface area contributed by atoms with E-state index in [0.717, 1.165) is 13.0 Å². The molecule has 0 unspecified atom stereocenters. The Balaban J connectivity index is 1.79. The molecule has 4 heteroatoms. The number of nitrogens with one attached hydrogen (secondary N) is 1. The first kappa shape index (κ1) is 13.6. The molecule has 0 atom stereocenters. The molecule has 3 nitrogen and oxygen atoms in total. The molecular formula is C14H22BNO2. The van der Waals surface area contributed by atoms with Crippen LogP contribution in [0.4, 0.5) is 0 Å². The van der Waals surface area contributed by atoms with Crippen molar-refractivity contribution >= 4 is 7.25 Å². The summed E-state index contributed by atoms with van der Waals surface area (Å²) in [5, 5.41) is 3.30. The van der Waals surface area contributed by atoms with Crippen molar-refractivity contribution in [3.8, 4) is 0 Å². The topological polar surface area (TPSA) is 30.5 Å². The number of hydrogen-bond acceptors (Lipinski definition) is 3. The summed E-state index contributed by atoms with van der Waals surface area (Å²) in [7, 11) is -0.307. The van der Waals surface area contributed by atoms with Crippen molar-refractivity contribution in [2.75, 3.05) is 6.54 Å². The minimum atomic E-state index is -0.307. The van der Waals surface area contributed by atoms with Crippen LogP contribution in [-0.4, -0.2) is 25.0 Å². The van der Waals surface area contributed by atoms with Gasteiger partial charge in [-0.1, -0.05) is 30.3 Å². The van der Waals surface area contributed by atoms with Gasteiger partial charge in [0, 0.05) is 0 Å². The van der Waals surface area contributed by atoms with Crippen LogP contribution >= 0.6 is 0 Å². The second kappa shape index (κ2) is 5.04. The zero-order chi connectivity index (χ0) is 13.2. The molecule has 98 valence electrons. The molecule has 2 rings (SSSR count). The quantitative estimate of drug-likeness (QED) is 0.829. The van der Waals surface area contributed by atoms with Crippen LogP contribution in [0.2, 0.25) is 0 Å². The first-order chi connectivity index (χ1) is 8.41. The van der Waals surface area contributed by atoms with Crippen LogP contribution in [-0.2, 0) is 15.7 Å². The maximum absolute atomic E-state index is 5.87. The maximum Gasteiger partial charge on any atom is 0.555 e. The highest BCUT2D eigenvalue weighted by Gasteiger charge is 2.51. The molecule has 0 aliphatic carbocycles. The van der Waals surface area contributed by atoms with E-state index in [1.807, 2.05) is 6.07 Å². The van der Waals surface area contributed by atoms with Crippen LogP contribution in [0.1, 0.15) is 33.3 Å². The molecule has 1 aliphatic heterocycles. The first-order valence-electron chi connectivity index (χ1n) is 6.54. The lowest BCUT2D eigenvalue weighted by Gasteiger charge is -2.32. The molecule has 0 aromatic heterocycles. The van der Waals surface area contributed by atoms with Gasteiger partial charge in [-0.3, -0.25) is 0 Å². The molecule has 1 heterocycles. The number of hydrogen-bond donors (Lipinski definition) is 1. The molecule has 18 heavy (non-hydrogen) atoms. The predicted molar refractivity (Wildman–Crippen MR) is 74.2 cm³/mol. The molecule has 0 amide bonds. The highest BCUT2D eigenvalue weighted by molar-refractivity contribution is 6.42. The molecule has 1 aromatic carbocycles. The average molecular weight is 247 g/mol. The average Bonchev–Trinajstić information content (AvgIpc) is 2.49. The van der Waals surface area contributed by atoms with E-state index in [4.69, 9.17) is 9.31 Å². The summed E-state index contributed by atoms with van der Waals surface area (Å²) in [6.07, 6.45) is 0.977. The largest absolute Gasteiger partial charge is 0.555 e. The van der Waals surface area contributed by atoms with Gasteiger partial charge in [-0.25, -0.2) is 0 Å². The highest BCUT2D eigenvalue weighted by Crippen LogP contribution is 2.35. The fraction of sp³-hybridized carbons (Fsp3) is 0.571. The van der Waals surface area contributed by atoms with E-state index in [2.05, 4.69) is 57.2 Å². The van der Waals surface area contributed by atoms with Crippen molar-refractivity contribution in [1.82, 2.24) is 5.23 Å². The van der Waals surface area contributed by atoms with Crippen LogP contribution < -0.4 is 5.23 Å². The molecule has 0 saturated carbocycles. The van der Waals surface area contributed by atoms with E-state index < -0.39 is 0 Å². The molecule has 0 bridgehead atoms. The Kier molecular flexibility index (Phi) is 3.80. The minimum absolute atomic E-state index is 0.266. The summed E-state index contributed by atoms with van der Waals surface area (Å²) in [4.78, 5) is 0. The molecule has 1 aliphatic rings. The molecule has 1 N–H and O–H groups in total. The third kappa shape index (κ3) is 2.94. The standard InChI is InChI=1S/C14H22BNO2/c1-13(2)14(3,4)18-15(17-13)16-11-10-12-8-6-5-7-9-12/h5-9,16H,10-11H2,1-4H3. The van der Waals surface area contributed by atoms with E-state index in [1.165, 1.54) is 5.56 Å². The third-order valence-electron chi connectivity index (χ3n) is 3.82. The smallest absolute Gasteiger partial charge is 0.389 e. The Morgan fingerprint density at radius 1 is 1.00 bits per heavy atom. The van der Waals surface area contributed by atoms with Gasteiger partial charge in [-0.05, 0) is 46.2 Å². The van der Waals surface area contributed by atoms with Gasteiger partial charge < -0.3 is 14.5 Å². The van der Waals surface area contributed by atoms with Crippen LogP contribution in [0.15, 0.2) is 30.3 Å². The Morgan fingerprint density at radius 2 is 1.56 bits per heavy atom. The zero-order valence-corrected chi connectivity index (χ0v) is 11.7. The molecular weight excluding hydrogens is 225 g/mol. The van der Waals surface area contributed by atoms with Gasteiger partial charge in [0.15, 0.2) is 0 Å². The van der Waals surface area contributed by atoms with Gasteiger partial charge in [-0.2, -0.15) is 0 Å². The van der Waals surface area contributed by atoms with Crippen molar-refractivity contribution in [3.05, 3.63) is 35.9 Å². The SMILES string of the molecule is CC1(C)OB(NCCc2ccccc2)OC1(C)C. The Morgan fingerprint density at radius 3 is 2.11 bits per heavy atom. The van der Waals surface area contributed by atoms with E-state index >= 15 is 0 Å². The molecule has 1 saturated heterocycles. The fourth-order valence-corrected chi connectivity index (χ4v) is 1.91. The lowest BCUT2D eigenvalue weighted by molar-refractivity contribution is 0.00578. The summed E-state index contributed by atoms with van der Waals surface area (Å²) in [6, 6.07) is 10.4. The van der Waals surface area contributed by atoms with Crippen molar-refractivity contribution < 1.29 is 9.31 Å². The Labute approximate surface area is 110 Å². The van der Waals surface area contributed by atoms with Gasteiger partial charge in [0.2, 0.25) is 0 Å². The molecule has 1 fully saturated rings. The minimum Gasteiger partial charge on any atom is -0.389 e. The van der Waals surface area contributed by atoms with Crippen LogP contribution in [0, 0.1) is 0 Å². The normalized spacial score (nSPS) is 21.2. The Bertz CT molecular complexity index is 376. The number of rotatable bonds is 4. The van der Waals surface area contributed by atoms with Gasteiger partial charge in [0.25, 0.3) is 0 Å². The van der Waals surface area contributed by atoms with E-state index in [0.29, 0.717) is 0 Å². The number of benzene rings is 1. The second-order valence-electron chi connectivity index (χ2n) is 5.78. The van der Waals surface area contributed by atoms with Gasteiger partial charge in [0.05, 0.1) is 11.2 Å². The highest BCUT2D eigenvalue weighted by atomic mass is 16.7. The summed E-state index contributed by atoms with van der Waals surface area (Å²) in [6.45, 7) is 9.09. The van der Waals surface area contributed by atoms with Crippen LogP contribution in [0.25, 0.3) is 0 Å². The summed E-state index contributed by atoms with van der Waals surface area (Å²) in [5.74, 6) is 0. The zero-order valence-electron chi connectivity index (χ0n) is 11.7. The molecule has 0 spiro atoms. The van der Waals surface area contributed by atoms with Crippen molar-refractivity contribution in [2.45, 2.75) is 45.3 Å². The molecule has 1 aromatic rings. The monoisotopic (exact) mass is 247 g/mol. The van der Waals surface area contributed by atoms with Crippen molar-refractivity contribution in [1.29, 1.82) is 0 Å². The van der Waals surface area contributed by atoms with Gasteiger partial charge >= 0.3 is 7.25 Å². The lowest BCUT2D eigenvalue weighted by Crippen LogP contribution is -2.41. The summed E-state index contributed by atoms with van der Waals surface area (Å²) in [5.41, 5.74) is 0.788. The van der Waals surface area contributed by atoms with Gasteiger partial charge in [-0.15, -0.1) is 0 Å². The van der Waals surface area contributed by atoms with E-state index in [-0.39, 0.29) is 18.5 Å². The van der Waals surface area contributed by atoms with Crippen molar-refractivity contribution in [3.63, 3.8) is 0 Å². The van der Waals surface area contributed by atoms with E-state index in [1.54, 1.807) is 0 Å². The molecule has 0 radical (unpaired) electrons. The fourth-order valence-electron chi connectivity index (χ4n) is 1.91. The van der Waals surface area contributed by atoms with Crippen LogP contribution in [0.3, 0.4) is 0 Å². The van der Waals surface area contributed by atoms with Crippen LogP contribution in [0.5, 0.6) is 0 Å². The lowest BCUT2D eigenvalue weighted by atomic mass is 9.90. The summed E-state index contributed by atoms with van der Waals surface area (Å²) < 4.78 is 11.7. The predicted octanol–water partition coefficient (Wildman–Crippen LogP) is 2.41. The van der Waals surface area contributed by atoms with Crippen molar-refractivity contribution in [2.24, 2.45) is 0 Å². The second-order valence-corrected chi connectivity index (χ2v) is 5.78. The maximum atomic E-state index is 5.87. The summed E-state index contributed by atoms with van der Waals surface area (Å²) >= 11 is 0. The van der Waals surface area contributed by atoms with Gasteiger partial charge in [0.1, 0.15) is 0 Å². The van der Waals surface area contributed by atoms with E-state index in [9.17, 15) is 0 Å². The first-order valence-corrected chi connectivity index (χ1v) is 6.54. The third-order valence-corrected chi connectivity index (χ3v) is 3.82. The Hall–Kier alpha value is -0.835.